The first kappa shape index (κ1) is 15.1. The summed E-state index contributed by atoms with van der Waals surface area (Å²) in [5.74, 6) is 0.976. The molecule has 2 aliphatic rings. The molecule has 1 saturated carbocycles. The predicted molar refractivity (Wildman–Crippen MR) is 71.3 cm³/mol. The Morgan fingerprint density at radius 3 is 2.47 bits per heavy atom. The predicted octanol–water partition coefficient (Wildman–Crippen LogP) is 1.71. The number of alkyl halides is 2. The lowest BCUT2D eigenvalue weighted by atomic mass is 9.78. The summed E-state index contributed by atoms with van der Waals surface area (Å²) in [6.45, 7) is 5.56. The van der Waals surface area contributed by atoms with Crippen molar-refractivity contribution < 1.29 is 13.9 Å². The van der Waals surface area contributed by atoms with Crippen LogP contribution in [-0.4, -0.2) is 54.3 Å². The molecule has 0 aromatic carbocycles. The van der Waals surface area contributed by atoms with E-state index in [1.165, 1.54) is 12.8 Å². The number of hydrogen-bond acceptors (Lipinski definition) is 3. The highest BCUT2D eigenvalue weighted by molar-refractivity contribution is 4.93. The largest absolute Gasteiger partial charge is 0.393 e. The molecule has 0 radical (unpaired) electrons. The van der Waals surface area contributed by atoms with Crippen LogP contribution in [-0.2, 0) is 0 Å². The van der Waals surface area contributed by atoms with Crippen molar-refractivity contribution in [2.45, 2.75) is 57.7 Å². The van der Waals surface area contributed by atoms with Crippen LogP contribution in [0.25, 0.3) is 0 Å². The maximum Gasteiger partial charge on any atom is 0.250 e. The third-order valence-corrected chi connectivity index (χ3v) is 4.62. The molecule has 3 unspecified atom stereocenters. The summed E-state index contributed by atoms with van der Waals surface area (Å²) in [6.07, 6.45) is 0.533. The van der Waals surface area contributed by atoms with Crippen molar-refractivity contribution in [3.63, 3.8) is 0 Å². The third kappa shape index (κ3) is 4.10. The molecule has 19 heavy (non-hydrogen) atoms. The van der Waals surface area contributed by atoms with E-state index in [4.69, 9.17) is 0 Å². The molecule has 1 saturated heterocycles. The molecule has 3 atom stereocenters. The fraction of sp³-hybridized carbons (Fsp3) is 1.00. The molecule has 0 aromatic heterocycles. The Balaban J connectivity index is 1.89. The smallest absolute Gasteiger partial charge is 0.250 e. The van der Waals surface area contributed by atoms with Crippen molar-refractivity contribution in [2.24, 2.45) is 11.8 Å². The lowest BCUT2D eigenvalue weighted by molar-refractivity contribution is -0.00518. The van der Waals surface area contributed by atoms with Gasteiger partial charge in [0.2, 0.25) is 0 Å². The van der Waals surface area contributed by atoms with E-state index in [9.17, 15) is 13.9 Å². The van der Waals surface area contributed by atoms with Gasteiger partial charge in [0, 0.05) is 25.2 Å². The number of halogens is 2. The minimum Gasteiger partial charge on any atom is -0.393 e. The van der Waals surface area contributed by atoms with Crippen LogP contribution in [0.2, 0.25) is 0 Å². The number of likely N-dealkylation sites (tertiary alicyclic amines) is 1. The minimum absolute atomic E-state index is 0.0817. The van der Waals surface area contributed by atoms with E-state index in [1.807, 2.05) is 6.92 Å². The Labute approximate surface area is 114 Å². The molecule has 0 aromatic rings. The van der Waals surface area contributed by atoms with Gasteiger partial charge in [-0.3, -0.25) is 4.90 Å². The van der Waals surface area contributed by atoms with Crippen LogP contribution < -0.4 is 5.32 Å². The van der Waals surface area contributed by atoms with E-state index in [-0.39, 0.29) is 24.6 Å². The number of piperidine rings is 1. The lowest BCUT2D eigenvalue weighted by Crippen LogP contribution is -2.57. The average molecular weight is 276 g/mol. The molecule has 2 N–H and O–H groups in total. The maximum atomic E-state index is 12.3. The molecule has 112 valence electrons. The van der Waals surface area contributed by atoms with E-state index in [1.54, 1.807) is 0 Å². The molecule has 2 fully saturated rings. The van der Waals surface area contributed by atoms with Gasteiger partial charge in [-0.05, 0) is 38.0 Å². The molecule has 1 heterocycles. The summed E-state index contributed by atoms with van der Waals surface area (Å²) >= 11 is 0. The van der Waals surface area contributed by atoms with E-state index in [0.717, 1.165) is 25.4 Å². The van der Waals surface area contributed by atoms with Crippen molar-refractivity contribution >= 4 is 0 Å². The van der Waals surface area contributed by atoms with E-state index < -0.39 is 6.43 Å². The highest BCUT2D eigenvalue weighted by Gasteiger charge is 2.37. The lowest BCUT2D eigenvalue weighted by Gasteiger charge is -2.48. The van der Waals surface area contributed by atoms with Crippen LogP contribution in [0, 0.1) is 11.8 Å². The Kier molecular flexibility index (Phi) is 5.15. The normalized spacial score (nSPS) is 38.2. The number of nitrogens with one attached hydrogen (secondary N) is 1. The number of aliphatic hydroxyl groups excluding tert-OH is 1. The summed E-state index contributed by atoms with van der Waals surface area (Å²) in [4.78, 5) is 2.39. The monoisotopic (exact) mass is 276 g/mol. The summed E-state index contributed by atoms with van der Waals surface area (Å²) in [6, 6.07) is 0.672. The zero-order valence-corrected chi connectivity index (χ0v) is 11.9. The van der Waals surface area contributed by atoms with Gasteiger partial charge in [-0.25, -0.2) is 8.78 Å². The molecular formula is C14H26F2N2O. The summed E-state index contributed by atoms with van der Waals surface area (Å²) in [7, 11) is 0. The Hall–Kier alpha value is -0.260. The minimum atomic E-state index is -2.30. The number of rotatable bonds is 5. The zero-order chi connectivity index (χ0) is 14.0. The molecule has 2 rings (SSSR count). The average Bonchev–Trinajstić information content (AvgIpc) is 2.32. The topological polar surface area (TPSA) is 35.5 Å². The molecule has 0 spiro atoms. The fourth-order valence-corrected chi connectivity index (χ4v) is 3.38. The molecule has 1 aliphatic carbocycles. The zero-order valence-electron chi connectivity index (χ0n) is 11.9. The SMILES string of the molecule is CC1CC(N2CC(NCC(F)F)CC(C(C)O)C2)C1. The van der Waals surface area contributed by atoms with Crippen LogP contribution >= 0.6 is 0 Å². The molecule has 0 amide bonds. The van der Waals surface area contributed by atoms with Gasteiger partial charge >= 0.3 is 0 Å². The Bertz CT molecular complexity index is 283. The van der Waals surface area contributed by atoms with Gasteiger partial charge in [-0.15, -0.1) is 0 Å². The molecule has 0 bridgehead atoms. The highest BCUT2D eigenvalue weighted by Crippen LogP contribution is 2.34. The van der Waals surface area contributed by atoms with Crippen LogP contribution in [0.15, 0.2) is 0 Å². The number of aliphatic hydroxyl groups is 1. The quantitative estimate of drug-likeness (QED) is 0.802. The first-order valence-corrected chi connectivity index (χ1v) is 7.39. The first-order chi connectivity index (χ1) is 8.95. The second-order valence-corrected chi connectivity index (χ2v) is 6.42. The third-order valence-electron chi connectivity index (χ3n) is 4.62. The molecule has 1 aliphatic heterocycles. The highest BCUT2D eigenvalue weighted by atomic mass is 19.3. The van der Waals surface area contributed by atoms with Crippen molar-refractivity contribution in [1.82, 2.24) is 10.2 Å². The van der Waals surface area contributed by atoms with Crippen LogP contribution in [0.3, 0.4) is 0 Å². The second kappa shape index (κ2) is 6.46. The van der Waals surface area contributed by atoms with Gasteiger partial charge in [-0.2, -0.15) is 0 Å². The first-order valence-electron chi connectivity index (χ1n) is 7.39. The Morgan fingerprint density at radius 2 is 1.95 bits per heavy atom. The van der Waals surface area contributed by atoms with Crippen molar-refractivity contribution in [2.75, 3.05) is 19.6 Å². The number of hydrogen-bond donors (Lipinski definition) is 2. The van der Waals surface area contributed by atoms with Crippen molar-refractivity contribution in [3.05, 3.63) is 0 Å². The Morgan fingerprint density at radius 1 is 1.26 bits per heavy atom. The van der Waals surface area contributed by atoms with Crippen LogP contribution in [0.1, 0.15) is 33.1 Å². The van der Waals surface area contributed by atoms with Gasteiger partial charge in [0.25, 0.3) is 6.43 Å². The number of nitrogens with zero attached hydrogens (tertiary/aromatic N) is 1. The van der Waals surface area contributed by atoms with Crippen molar-refractivity contribution in [1.29, 1.82) is 0 Å². The van der Waals surface area contributed by atoms with Gasteiger partial charge in [0.15, 0.2) is 0 Å². The summed E-state index contributed by atoms with van der Waals surface area (Å²) in [5, 5.41) is 12.8. The van der Waals surface area contributed by atoms with Gasteiger partial charge in [0.05, 0.1) is 12.6 Å². The van der Waals surface area contributed by atoms with Gasteiger partial charge < -0.3 is 10.4 Å². The summed E-state index contributed by atoms with van der Waals surface area (Å²) < 4.78 is 24.6. The van der Waals surface area contributed by atoms with E-state index in [0.29, 0.717) is 6.04 Å². The molecular weight excluding hydrogens is 250 g/mol. The van der Waals surface area contributed by atoms with Gasteiger partial charge in [-0.1, -0.05) is 6.92 Å². The maximum absolute atomic E-state index is 12.3. The molecule has 3 nitrogen and oxygen atoms in total. The van der Waals surface area contributed by atoms with Crippen LogP contribution in [0.5, 0.6) is 0 Å². The second-order valence-electron chi connectivity index (χ2n) is 6.42. The van der Waals surface area contributed by atoms with Crippen molar-refractivity contribution in [3.8, 4) is 0 Å². The standard InChI is InChI=1S/C14H26F2N2O/c1-9-3-13(4-9)18-7-11(10(2)19)5-12(8-18)17-6-14(15)16/h9-14,17,19H,3-8H2,1-2H3. The van der Waals surface area contributed by atoms with E-state index >= 15 is 0 Å². The molecule has 5 heteroatoms. The van der Waals surface area contributed by atoms with Gasteiger partial charge in [0.1, 0.15) is 0 Å². The van der Waals surface area contributed by atoms with Crippen LogP contribution in [0.4, 0.5) is 8.78 Å². The fourth-order valence-electron chi connectivity index (χ4n) is 3.38. The summed E-state index contributed by atoms with van der Waals surface area (Å²) in [5.41, 5.74) is 0. The van der Waals surface area contributed by atoms with E-state index in [2.05, 4.69) is 17.1 Å².